The SMILES string of the molecule is CCOC(=O)CCC(=O)N[C@@H](CCCCC#N)C(N)=O. The van der Waals surface area contributed by atoms with Gasteiger partial charge in [-0.3, -0.25) is 14.4 Å². The topological polar surface area (TPSA) is 122 Å². The minimum absolute atomic E-state index is 0.0282. The number of rotatable bonds is 10. The van der Waals surface area contributed by atoms with Crippen molar-refractivity contribution in [3.05, 3.63) is 0 Å². The first-order valence-electron chi connectivity index (χ1n) is 6.62. The second kappa shape index (κ2) is 10.8. The molecule has 0 saturated heterocycles. The molecular formula is C13H21N3O4. The van der Waals surface area contributed by atoms with Crippen LogP contribution in [0.3, 0.4) is 0 Å². The van der Waals surface area contributed by atoms with Crippen molar-refractivity contribution < 1.29 is 19.1 Å². The summed E-state index contributed by atoms with van der Waals surface area (Å²) in [6.45, 7) is 1.95. The minimum Gasteiger partial charge on any atom is -0.466 e. The highest BCUT2D eigenvalue weighted by atomic mass is 16.5. The van der Waals surface area contributed by atoms with Gasteiger partial charge in [0.25, 0.3) is 0 Å². The van der Waals surface area contributed by atoms with Crippen molar-refractivity contribution in [2.24, 2.45) is 5.73 Å². The fraction of sp³-hybridized carbons (Fsp3) is 0.692. The number of nitrogens with two attached hydrogens (primary N) is 1. The van der Waals surface area contributed by atoms with Crippen LogP contribution in [-0.2, 0) is 19.1 Å². The number of nitrogens with one attached hydrogen (secondary N) is 1. The molecule has 0 aromatic carbocycles. The number of hydrogen-bond acceptors (Lipinski definition) is 5. The van der Waals surface area contributed by atoms with Gasteiger partial charge < -0.3 is 15.8 Å². The molecule has 7 heteroatoms. The molecule has 3 N–H and O–H groups in total. The normalized spacial score (nSPS) is 11.2. The molecule has 0 aliphatic rings. The summed E-state index contributed by atoms with van der Waals surface area (Å²) in [6, 6.07) is 1.24. The number of hydrogen-bond donors (Lipinski definition) is 2. The van der Waals surface area contributed by atoms with Gasteiger partial charge in [0.05, 0.1) is 19.1 Å². The van der Waals surface area contributed by atoms with Crippen LogP contribution >= 0.6 is 0 Å². The summed E-state index contributed by atoms with van der Waals surface area (Å²) in [5.41, 5.74) is 5.19. The lowest BCUT2D eigenvalue weighted by Gasteiger charge is -2.14. The quantitative estimate of drug-likeness (QED) is 0.443. The lowest BCUT2D eigenvalue weighted by Crippen LogP contribution is -2.44. The summed E-state index contributed by atoms with van der Waals surface area (Å²) in [7, 11) is 0. The Morgan fingerprint density at radius 2 is 2.00 bits per heavy atom. The van der Waals surface area contributed by atoms with Crippen LogP contribution in [0, 0.1) is 11.3 Å². The molecule has 0 aromatic rings. The summed E-state index contributed by atoms with van der Waals surface area (Å²) in [6.07, 6.45) is 2.00. The second-order valence-electron chi connectivity index (χ2n) is 4.23. The number of amides is 2. The Morgan fingerprint density at radius 3 is 2.55 bits per heavy atom. The third-order valence-corrected chi connectivity index (χ3v) is 2.57. The Kier molecular flexibility index (Phi) is 9.66. The molecule has 0 rings (SSSR count). The van der Waals surface area contributed by atoms with E-state index in [1.54, 1.807) is 6.92 Å². The van der Waals surface area contributed by atoms with E-state index < -0.39 is 23.8 Å². The highest BCUT2D eigenvalue weighted by Gasteiger charge is 2.18. The number of carbonyl (C=O) groups excluding carboxylic acids is 3. The molecule has 0 saturated carbocycles. The Balaban J connectivity index is 4.05. The number of nitrogens with zero attached hydrogens (tertiary/aromatic N) is 1. The van der Waals surface area contributed by atoms with E-state index in [9.17, 15) is 14.4 Å². The molecule has 0 aliphatic heterocycles. The number of esters is 1. The van der Waals surface area contributed by atoms with Crippen LogP contribution in [0.15, 0.2) is 0 Å². The minimum atomic E-state index is -0.761. The van der Waals surface area contributed by atoms with E-state index in [0.29, 0.717) is 25.7 Å². The van der Waals surface area contributed by atoms with Crippen molar-refractivity contribution in [2.75, 3.05) is 6.61 Å². The van der Waals surface area contributed by atoms with E-state index in [4.69, 9.17) is 15.7 Å². The van der Waals surface area contributed by atoms with Crippen molar-refractivity contribution in [3.8, 4) is 6.07 Å². The molecule has 2 amide bonds. The average molecular weight is 283 g/mol. The Hall–Kier alpha value is -2.10. The van der Waals surface area contributed by atoms with E-state index in [0.717, 1.165) is 0 Å². The Labute approximate surface area is 118 Å². The maximum atomic E-state index is 11.6. The molecule has 20 heavy (non-hydrogen) atoms. The zero-order valence-corrected chi connectivity index (χ0v) is 11.7. The first-order valence-corrected chi connectivity index (χ1v) is 6.62. The molecule has 0 heterocycles. The molecule has 0 aromatic heterocycles. The van der Waals surface area contributed by atoms with E-state index in [1.165, 1.54) is 0 Å². The summed E-state index contributed by atoms with van der Waals surface area (Å²) in [5, 5.41) is 10.9. The maximum absolute atomic E-state index is 11.6. The van der Waals surface area contributed by atoms with Crippen LogP contribution in [0.4, 0.5) is 0 Å². The van der Waals surface area contributed by atoms with Crippen LogP contribution in [0.25, 0.3) is 0 Å². The third kappa shape index (κ3) is 8.91. The van der Waals surface area contributed by atoms with Gasteiger partial charge in [-0.1, -0.05) is 0 Å². The van der Waals surface area contributed by atoms with E-state index >= 15 is 0 Å². The second-order valence-corrected chi connectivity index (χ2v) is 4.23. The smallest absolute Gasteiger partial charge is 0.306 e. The summed E-state index contributed by atoms with van der Waals surface area (Å²) in [5.74, 6) is -1.49. The van der Waals surface area contributed by atoms with Gasteiger partial charge in [-0.05, 0) is 26.2 Å². The fourth-order valence-corrected chi connectivity index (χ4v) is 1.55. The fourth-order valence-electron chi connectivity index (χ4n) is 1.55. The zero-order chi connectivity index (χ0) is 15.4. The van der Waals surface area contributed by atoms with E-state index in [-0.39, 0.29) is 19.4 Å². The van der Waals surface area contributed by atoms with Crippen LogP contribution in [0.2, 0.25) is 0 Å². The van der Waals surface area contributed by atoms with Crippen LogP contribution in [0.5, 0.6) is 0 Å². The molecule has 0 spiro atoms. The molecule has 1 atom stereocenters. The van der Waals surface area contributed by atoms with Gasteiger partial charge in [0.2, 0.25) is 11.8 Å². The van der Waals surface area contributed by atoms with Gasteiger partial charge in [-0.15, -0.1) is 0 Å². The third-order valence-electron chi connectivity index (χ3n) is 2.57. The number of unbranched alkanes of at least 4 members (excludes halogenated alkanes) is 2. The molecule has 112 valence electrons. The standard InChI is InChI=1S/C13H21N3O4/c1-2-20-12(18)8-7-11(17)16-10(13(15)19)6-4-3-5-9-14/h10H,2-8H2,1H3,(H2,15,19)(H,16,17)/t10-/m0/s1. The summed E-state index contributed by atoms with van der Waals surface area (Å²) < 4.78 is 4.70. The number of nitriles is 1. The summed E-state index contributed by atoms with van der Waals surface area (Å²) >= 11 is 0. The predicted molar refractivity (Wildman–Crippen MR) is 71.1 cm³/mol. The first-order chi connectivity index (χ1) is 9.51. The van der Waals surface area contributed by atoms with Gasteiger partial charge >= 0.3 is 5.97 Å². The van der Waals surface area contributed by atoms with Gasteiger partial charge in [0.15, 0.2) is 0 Å². The molecule has 0 bridgehead atoms. The highest BCUT2D eigenvalue weighted by Crippen LogP contribution is 2.04. The van der Waals surface area contributed by atoms with Gasteiger partial charge in [0, 0.05) is 12.8 Å². The monoisotopic (exact) mass is 283 g/mol. The van der Waals surface area contributed by atoms with Crippen molar-refractivity contribution in [1.82, 2.24) is 5.32 Å². The first kappa shape index (κ1) is 17.9. The molecular weight excluding hydrogens is 262 g/mol. The van der Waals surface area contributed by atoms with Crippen LogP contribution < -0.4 is 11.1 Å². The van der Waals surface area contributed by atoms with Crippen molar-refractivity contribution >= 4 is 17.8 Å². The van der Waals surface area contributed by atoms with Gasteiger partial charge in [-0.25, -0.2) is 0 Å². The van der Waals surface area contributed by atoms with E-state index in [2.05, 4.69) is 5.32 Å². The molecule has 0 fully saturated rings. The lowest BCUT2D eigenvalue weighted by atomic mass is 10.1. The van der Waals surface area contributed by atoms with Crippen LogP contribution in [-0.4, -0.2) is 30.4 Å². The van der Waals surface area contributed by atoms with Crippen molar-refractivity contribution in [3.63, 3.8) is 0 Å². The number of ether oxygens (including phenoxy) is 1. The van der Waals surface area contributed by atoms with Crippen molar-refractivity contribution in [1.29, 1.82) is 5.26 Å². The molecule has 0 aliphatic carbocycles. The summed E-state index contributed by atoms with van der Waals surface area (Å²) in [4.78, 5) is 33.9. The molecule has 0 unspecified atom stereocenters. The average Bonchev–Trinajstić information content (AvgIpc) is 2.40. The Morgan fingerprint density at radius 1 is 1.30 bits per heavy atom. The molecule has 0 radical (unpaired) electrons. The Bertz CT molecular complexity index is 376. The van der Waals surface area contributed by atoms with Crippen molar-refractivity contribution in [2.45, 2.75) is 51.5 Å². The van der Waals surface area contributed by atoms with Gasteiger partial charge in [-0.2, -0.15) is 5.26 Å². The largest absolute Gasteiger partial charge is 0.466 e. The zero-order valence-electron chi connectivity index (χ0n) is 11.7. The van der Waals surface area contributed by atoms with Crippen LogP contribution in [0.1, 0.15) is 45.4 Å². The molecule has 7 nitrogen and oxygen atoms in total. The highest BCUT2D eigenvalue weighted by molar-refractivity contribution is 5.87. The maximum Gasteiger partial charge on any atom is 0.306 e. The predicted octanol–water partition coefficient (Wildman–Crippen LogP) is 0.384. The number of primary amides is 1. The lowest BCUT2D eigenvalue weighted by molar-refractivity contribution is -0.144. The number of carbonyl (C=O) groups is 3. The van der Waals surface area contributed by atoms with E-state index in [1.807, 2.05) is 6.07 Å². The van der Waals surface area contributed by atoms with Gasteiger partial charge in [0.1, 0.15) is 6.04 Å².